The number of hydrogen-bond acceptors (Lipinski definition) is 5. The van der Waals surface area contributed by atoms with E-state index in [4.69, 9.17) is 11.6 Å². The van der Waals surface area contributed by atoms with Crippen molar-refractivity contribution in [3.8, 4) is 0 Å². The van der Waals surface area contributed by atoms with Gasteiger partial charge in [0.1, 0.15) is 10.7 Å². The summed E-state index contributed by atoms with van der Waals surface area (Å²) in [5.74, 6) is -1.74. The first-order valence-corrected chi connectivity index (χ1v) is 12.0. The molecule has 0 unspecified atom stereocenters. The van der Waals surface area contributed by atoms with Crippen molar-refractivity contribution >= 4 is 31.3 Å². The maximum Gasteiger partial charge on any atom is 0.186 e. The molecule has 0 spiro atoms. The van der Waals surface area contributed by atoms with Crippen LogP contribution in [0.25, 0.3) is 0 Å². The van der Waals surface area contributed by atoms with Crippen molar-refractivity contribution in [1.29, 1.82) is 0 Å². The Kier molecular flexibility index (Phi) is 5.63. The first kappa shape index (κ1) is 20.3. The molecular formula is C18H19ClFNO4S2. The van der Waals surface area contributed by atoms with Gasteiger partial charge in [-0.25, -0.2) is 21.2 Å². The van der Waals surface area contributed by atoms with Crippen LogP contribution in [0, 0.1) is 12.7 Å². The fraction of sp³-hybridized carbons (Fsp3) is 0.333. The lowest BCUT2D eigenvalue weighted by Gasteiger charge is -2.21. The van der Waals surface area contributed by atoms with Gasteiger partial charge in [0.25, 0.3) is 0 Å². The molecule has 1 aliphatic heterocycles. The summed E-state index contributed by atoms with van der Waals surface area (Å²) < 4.78 is 64.5. The molecule has 27 heavy (non-hydrogen) atoms. The van der Waals surface area contributed by atoms with Crippen LogP contribution in [0.4, 0.5) is 4.39 Å². The van der Waals surface area contributed by atoms with Crippen LogP contribution in [0.15, 0.2) is 47.4 Å². The number of rotatable bonds is 5. The van der Waals surface area contributed by atoms with Gasteiger partial charge in [0, 0.05) is 17.6 Å². The summed E-state index contributed by atoms with van der Waals surface area (Å²) in [5.41, 5.74) is 1.30. The summed E-state index contributed by atoms with van der Waals surface area (Å²) in [6.07, 6.45) is 0. The van der Waals surface area contributed by atoms with Crippen molar-refractivity contribution in [3.63, 3.8) is 0 Å². The van der Waals surface area contributed by atoms with Gasteiger partial charge >= 0.3 is 0 Å². The average Bonchev–Trinajstić information content (AvgIpc) is 2.92. The lowest BCUT2D eigenvalue weighted by atomic mass is 10.2. The molecule has 0 saturated carbocycles. The zero-order valence-electron chi connectivity index (χ0n) is 14.5. The predicted octanol–water partition coefficient (Wildman–Crippen LogP) is 2.52. The highest BCUT2D eigenvalue weighted by molar-refractivity contribution is 7.96. The van der Waals surface area contributed by atoms with Gasteiger partial charge in [-0.05, 0) is 36.2 Å². The maximum absolute atomic E-state index is 14.2. The van der Waals surface area contributed by atoms with Crippen molar-refractivity contribution in [3.05, 3.63) is 64.4 Å². The molecule has 0 aromatic heterocycles. The molecule has 2 aromatic carbocycles. The van der Waals surface area contributed by atoms with E-state index >= 15 is 0 Å². The minimum Gasteiger partial charge on any atom is -0.308 e. The molecule has 2 aromatic rings. The van der Waals surface area contributed by atoms with Gasteiger partial charge in [0.15, 0.2) is 19.7 Å². The number of aryl methyl sites for hydroxylation is 1. The topological polar surface area (TPSA) is 80.3 Å². The smallest absolute Gasteiger partial charge is 0.186 e. The summed E-state index contributed by atoms with van der Waals surface area (Å²) in [7, 11) is -7.75. The van der Waals surface area contributed by atoms with Crippen molar-refractivity contribution in [2.75, 3.05) is 11.5 Å². The van der Waals surface area contributed by atoms with Crippen LogP contribution < -0.4 is 5.32 Å². The Hall–Kier alpha value is -1.48. The largest absolute Gasteiger partial charge is 0.308 e. The molecule has 1 heterocycles. The van der Waals surface area contributed by atoms with Crippen LogP contribution >= 0.6 is 11.6 Å². The Balaban J connectivity index is 1.92. The summed E-state index contributed by atoms with van der Waals surface area (Å²) in [4.78, 5) is -0.464. The molecule has 2 atom stereocenters. The van der Waals surface area contributed by atoms with E-state index in [0.717, 1.165) is 11.6 Å². The fourth-order valence-corrected chi connectivity index (χ4v) is 8.26. The molecule has 1 fully saturated rings. The van der Waals surface area contributed by atoms with Crippen LogP contribution in [0.1, 0.15) is 11.1 Å². The SMILES string of the molecule is Cc1ccc(F)c(S(=O)(=O)[C@H]2CS(=O)(=O)C[C@@H]2NCc2ccccc2Cl)c1. The summed E-state index contributed by atoms with van der Waals surface area (Å²) in [6, 6.07) is 9.94. The Morgan fingerprint density at radius 1 is 1.19 bits per heavy atom. The van der Waals surface area contributed by atoms with E-state index in [2.05, 4.69) is 5.32 Å². The van der Waals surface area contributed by atoms with Gasteiger partial charge in [0.05, 0.1) is 16.8 Å². The minimum atomic E-state index is -4.18. The lowest BCUT2D eigenvalue weighted by molar-refractivity contribution is 0.518. The molecule has 1 saturated heterocycles. The number of sulfone groups is 2. The number of nitrogens with one attached hydrogen (secondary N) is 1. The van der Waals surface area contributed by atoms with Gasteiger partial charge < -0.3 is 5.32 Å². The molecule has 0 bridgehead atoms. The summed E-state index contributed by atoms with van der Waals surface area (Å²) >= 11 is 6.10. The number of benzene rings is 2. The van der Waals surface area contributed by atoms with Gasteiger partial charge in [-0.2, -0.15) is 0 Å². The molecule has 5 nitrogen and oxygen atoms in total. The minimum absolute atomic E-state index is 0.210. The highest BCUT2D eigenvalue weighted by Gasteiger charge is 2.46. The van der Waals surface area contributed by atoms with Crippen LogP contribution in [-0.2, 0) is 26.2 Å². The zero-order chi connectivity index (χ0) is 19.8. The van der Waals surface area contributed by atoms with Crippen LogP contribution in [0.5, 0.6) is 0 Å². The first-order valence-electron chi connectivity index (χ1n) is 8.27. The number of hydrogen-bond donors (Lipinski definition) is 1. The summed E-state index contributed by atoms with van der Waals surface area (Å²) in [5, 5.41) is 2.22. The van der Waals surface area contributed by atoms with Crippen molar-refractivity contribution < 1.29 is 21.2 Å². The molecular weight excluding hydrogens is 413 g/mol. The Morgan fingerprint density at radius 2 is 1.89 bits per heavy atom. The van der Waals surface area contributed by atoms with Crippen molar-refractivity contribution in [1.82, 2.24) is 5.32 Å². The van der Waals surface area contributed by atoms with Crippen LogP contribution in [-0.4, -0.2) is 39.6 Å². The van der Waals surface area contributed by atoms with E-state index in [-0.39, 0.29) is 12.3 Å². The van der Waals surface area contributed by atoms with Gasteiger partial charge in [-0.3, -0.25) is 0 Å². The average molecular weight is 432 g/mol. The molecule has 9 heteroatoms. The predicted molar refractivity (Wildman–Crippen MR) is 103 cm³/mol. The second-order valence-electron chi connectivity index (χ2n) is 6.67. The van der Waals surface area contributed by atoms with Crippen molar-refractivity contribution in [2.45, 2.75) is 29.7 Å². The first-order chi connectivity index (χ1) is 12.6. The molecule has 0 aliphatic carbocycles. The second-order valence-corrected chi connectivity index (χ2v) is 11.4. The monoisotopic (exact) mass is 431 g/mol. The normalized spacial score (nSPS) is 22.0. The zero-order valence-corrected chi connectivity index (χ0v) is 16.9. The van der Waals surface area contributed by atoms with E-state index in [0.29, 0.717) is 10.6 Å². The van der Waals surface area contributed by atoms with E-state index < -0.39 is 47.4 Å². The summed E-state index contributed by atoms with van der Waals surface area (Å²) in [6.45, 7) is 1.86. The van der Waals surface area contributed by atoms with E-state index in [1.54, 1.807) is 31.2 Å². The second kappa shape index (κ2) is 7.50. The fourth-order valence-electron chi connectivity index (χ4n) is 3.19. The van der Waals surface area contributed by atoms with E-state index in [1.165, 1.54) is 12.1 Å². The molecule has 3 rings (SSSR count). The molecule has 1 N–H and O–H groups in total. The lowest BCUT2D eigenvalue weighted by Crippen LogP contribution is -2.43. The maximum atomic E-state index is 14.2. The Bertz CT molecular complexity index is 1070. The molecule has 0 amide bonds. The molecule has 1 aliphatic rings. The van der Waals surface area contributed by atoms with E-state index in [1.807, 2.05) is 0 Å². The number of halogens is 2. The molecule has 0 radical (unpaired) electrons. The Morgan fingerprint density at radius 3 is 2.59 bits per heavy atom. The third-order valence-electron chi connectivity index (χ3n) is 4.60. The highest BCUT2D eigenvalue weighted by Crippen LogP contribution is 2.28. The highest BCUT2D eigenvalue weighted by atomic mass is 35.5. The van der Waals surface area contributed by atoms with Crippen LogP contribution in [0.2, 0.25) is 5.02 Å². The third kappa shape index (κ3) is 4.34. The van der Waals surface area contributed by atoms with Crippen molar-refractivity contribution in [2.24, 2.45) is 0 Å². The standard InChI is InChI=1S/C18H19ClFNO4S2/c1-12-6-7-15(20)17(8-12)27(24,25)18-11-26(22,23)10-16(18)21-9-13-4-2-3-5-14(13)19/h2-8,16,18,21H,9-11H2,1H3/t16-,18-/m0/s1. The van der Waals surface area contributed by atoms with Gasteiger partial charge in [-0.1, -0.05) is 35.9 Å². The van der Waals surface area contributed by atoms with Gasteiger partial charge in [0.2, 0.25) is 0 Å². The third-order valence-corrected chi connectivity index (χ3v) is 9.14. The molecule has 146 valence electrons. The Labute approximate surface area is 163 Å². The quantitative estimate of drug-likeness (QED) is 0.786. The van der Waals surface area contributed by atoms with E-state index in [9.17, 15) is 21.2 Å². The van der Waals surface area contributed by atoms with Gasteiger partial charge in [-0.15, -0.1) is 0 Å². The van der Waals surface area contributed by atoms with Crippen LogP contribution in [0.3, 0.4) is 0 Å².